The molecule has 26 heavy (non-hydrogen) atoms. The molecule has 4 nitrogen and oxygen atoms in total. The summed E-state index contributed by atoms with van der Waals surface area (Å²) in [6.45, 7) is 2.17. The van der Waals surface area contributed by atoms with Gasteiger partial charge in [0.05, 0.1) is 17.7 Å². The average Bonchev–Trinajstić information content (AvgIpc) is 2.60. The van der Waals surface area contributed by atoms with Crippen molar-refractivity contribution in [2.24, 2.45) is 0 Å². The predicted octanol–water partition coefficient (Wildman–Crippen LogP) is 5.47. The summed E-state index contributed by atoms with van der Waals surface area (Å²) < 4.78 is 5.18. The van der Waals surface area contributed by atoms with Gasteiger partial charge in [0, 0.05) is 10.7 Å². The molecule has 2 aromatic carbocycles. The van der Waals surface area contributed by atoms with E-state index in [4.69, 9.17) is 40.2 Å². The second-order valence-electron chi connectivity index (χ2n) is 5.68. The van der Waals surface area contributed by atoms with Gasteiger partial charge >= 0.3 is 0 Å². The van der Waals surface area contributed by atoms with Crippen molar-refractivity contribution in [3.05, 3.63) is 57.6 Å². The Balaban J connectivity index is 2.02. The SMILES string of the molecule is CCCCc1ccc(NC(=S)NC(=O)c2cc(Cl)cc(Cl)c2OC)cc1. The van der Waals surface area contributed by atoms with Crippen molar-refractivity contribution in [3.63, 3.8) is 0 Å². The summed E-state index contributed by atoms with van der Waals surface area (Å²) in [6, 6.07) is 10.9. The number of benzene rings is 2. The molecule has 0 spiro atoms. The summed E-state index contributed by atoms with van der Waals surface area (Å²) in [5, 5.41) is 6.36. The number of halogens is 2. The number of carbonyl (C=O) groups excluding carboxylic acids is 1. The van der Waals surface area contributed by atoms with Crippen LogP contribution in [0.1, 0.15) is 35.7 Å². The molecule has 2 N–H and O–H groups in total. The molecule has 0 bridgehead atoms. The summed E-state index contributed by atoms with van der Waals surface area (Å²) in [5.74, 6) is -0.208. The van der Waals surface area contributed by atoms with Gasteiger partial charge < -0.3 is 10.1 Å². The summed E-state index contributed by atoms with van der Waals surface area (Å²) in [6.07, 6.45) is 3.37. The molecular weight excluding hydrogens is 391 g/mol. The zero-order valence-electron chi connectivity index (χ0n) is 14.6. The van der Waals surface area contributed by atoms with Crippen LogP contribution in [0.3, 0.4) is 0 Å². The van der Waals surface area contributed by atoms with Crippen LogP contribution in [-0.4, -0.2) is 18.1 Å². The third kappa shape index (κ3) is 5.59. The maximum atomic E-state index is 12.5. The van der Waals surface area contributed by atoms with Crippen molar-refractivity contribution in [3.8, 4) is 5.75 Å². The number of carbonyl (C=O) groups is 1. The van der Waals surface area contributed by atoms with Crippen LogP contribution in [-0.2, 0) is 6.42 Å². The number of methoxy groups -OCH3 is 1. The molecule has 1 amide bonds. The van der Waals surface area contributed by atoms with Gasteiger partial charge in [-0.2, -0.15) is 0 Å². The molecule has 0 radical (unpaired) electrons. The number of aryl methyl sites for hydroxylation is 1. The van der Waals surface area contributed by atoms with E-state index in [0.717, 1.165) is 24.9 Å². The summed E-state index contributed by atoms with van der Waals surface area (Å²) >= 11 is 17.2. The first-order chi connectivity index (χ1) is 12.4. The van der Waals surface area contributed by atoms with Crippen molar-refractivity contribution >= 4 is 52.1 Å². The maximum absolute atomic E-state index is 12.5. The van der Waals surface area contributed by atoms with E-state index in [0.29, 0.717) is 5.02 Å². The van der Waals surface area contributed by atoms with E-state index in [9.17, 15) is 4.79 Å². The number of thiocarbonyl (C=S) groups is 1. The fraction of sp³-hybridized carbons (Fsp3) is 0.263. The zero-order chi connectivity index (χ0) is 19.1. The van der Waals surface area contributed by atoms with E-state index in [1.807, 2.05) is 24.3 Å². The van der Waals surface area contributed by atoms with Gasteiger partial charge in [-0.25, -0.2) is 0 Å². The van der Waals surface area contributed by atoms with Gasteiger partial charge in [-0.05, 0) is 54.9 Å². The lowest BCUT2D eigenvalue weighted by atomic mass is 10.1. The molecule has 0 heterocycles. The molecular formula is C19H20Cl2N2O2S. The Kier molecular flexibility index (Phi) is 7.69. The average molecular weight is 411 g/mol. The van der Waals surface area contributed by atoms with Crippen LogP contribution in [0.4, 0.5) is 5.69 Å². The van der Waals surface area contributed by atoms with Gasteiger partial charge in [-0.1, -0.05) is 48.7 Å². The fourth-order valence-electron chi connectivity index (χ4n) is 2.40. The van der Waals surface area contributed by atoms with Gasteiger partial charge in [0.2, 0.25) is 0 Å². The highest BCUT2D eigenvalue weighted by atomic mass is 35.5. The minimum absolute atomic E-state index is 0.175. The van der Waals surface area contributed by atoms with Crippen LogP contribution >= 0.6 is 35.4 Å². The number of amides is 1. The molecule has 0 atom stereocenters. The summed E-state index contributed by atoms with van der Waals surface area (Å²) in [4.78, 5) is 12.5. The first-order valence-corrected chi connectivity index (χ1v) is 9.35. The van der Waals surface area contributed by atoms with E-state index in [1.54, 1.807) is 0 Å². The predicted molar refractivity (Wildman–Crippen MR) is 112 cm³/mol. The van der Waals surface area contributed by atoms with Crippen molar-refractivity contribution in [2.75, 3.05) is 12.4 Å². The molecule has 0 aliphatic carbocycles. The number of hydrogen-bond acceptors (Lipinski definition) is 3. The molecule has 0 fully saturated rings. The highest BCUT2D eigenvalue weighted by molar-refractivity contribution is 7.80. The van der Waals surface area contributed by atoms with E-state index in [-0.39, 0.29) is 21.4 Å². The number of unbranched alkanes of at least 4 members (excludes halogenated alkanes) is 1. The smallest absolute Gasteiger partial charge is 0.261 e. The van der Waals surface area contributed by atoms with Crippen molar-refractivity contribution in [1.82, 2.24) is 5.32 Å². The Labute approximate surface area is 168 Å². The van der Waals surface area contributed by atoms with E-state index >= 15 is 0 Å². The van der Waals surface area contributed by atoms with E-state index in [2.05, 4.69) is 17.6 Å². The second kappa shape index (κ2) is 9.76. The van der Waals surface area contributed by atoms with E-state index in [1.165, 1.54) is 24.8 Å². The van der Waals surface area contributed by atoms with Crippen LogP contribution in [0.2, 0.25) is 10.0 Å². The van der Waals surface area contributed by atoms with Gasteiger partial charge in [0.15, 0.2) is 5.11 Å². The molecule has 0 aliphatic rings. The normalized spacial score (nSPS) is 10.3. The second-order valence-corrected chi connectivity index (χ2v) is 6.93. The molecule has 0 saturated heterocycles. The minimum atomic E-state index is -0.455. The Morgan fingerprint density at radius 1 is 1.19 bits per heavy atom. The topological polar surface area (TPSA) is 50.4 Å². The Hall–Kier alpha value is -1.82. The number of hydrogen-bond donors (Lipinski definition) is 2. The minimum Gasteiger partial charge on any atom is -0.494 e. The molecule has 0 saturated carbocycles. The number of ether oxygens (including phenoxy) is 1. The Morgan fingerprint density at radius 2 is 1.88 bits per heavy atom. The number of rotatable bonds is 6. The van der Waals surface area contributed by atoms with E-state index < -0.39 is 5.91 Å². The molecule has 2 aromatic rings. The summed E-state index contributed by atoms with van der Waals surface area (Å²) in [5.41, 5.74) is 2.28. The number of anilines is 1. The van der Waals surface area contributed by atoms with Gasteiger partial charge in [0.1, 0.15) is 5.75 Å². The monoisotopic (exact) mass is 410 g/mol. The van der Waals surface area contributed by atoms with Crippen molar-refractivity contribution in [1.29, 1.82) is 0 Å². The first-order valence-electron chi connectivity index (χ1n) is 8.19. The highest BCUT2D eigenvalue weighted by Crippen LogP contribution is 2.32. The molecule has 0 aromatic heterocycles. The van der Waals surface area contributed by atoms with Crippen LogP contribution < -0.4 is 15.4 Å². The Bertz CT molecular complexity index is 795. The first kappa shape index (κ1) is 20.5. The zero-order valence-corrected chi connectivity index (χ0v) is 16.9. The third-order valence-electron chi connectivity index (χ3n) is 3.71. The van der Waals surface area contributed by atoms with Gasteiger partial charge in [0.25, 0.3) is 5.91 Å². The van der Waals surface area contributed by atoms with Gasteiger partial charge in [-0.3, -0.25) is 10.1 Å². The van der Waals surface area contributed by atoms with Crippen molar-refractivity contribution in [2.45, 2.75) is 26.2 Å². The summed E-state index contributed by atoms with van der Waals surface area (Å²) in [7, 11) is 1.43. The van der Waals surface area contributed by atoms with Crippen LogP contribution in [0.25, 0.3) is 0 Å². The maximum Gasteiger partial charge on any atom is 0.261 e. The highest BCUT2D eigenvalue weighted by Gasteiger charge is 2.17. The van der Waals surface area contributed by atoms with Crippen molar-refractivity contribution < 1.29 is 9.53 Å². The molecule has 138 valence electrons. The standard InChI is InChI=1S/C19H20Cl2N2O2S/c1-3-4-5-12-6-8-14(9-7-12)22-19(26)23-18(24)15-10-13(20)11-16(21)17(15)25-2/h6-11H,3-5H2,1-2H3,(H2,22,23,24,26). The van der Waals surface area contributed by atoms with Crippen LogP contribution in [0.15, 0.2) is 36.4 Å². The largest absolute Gasteiger partial charge is 0.494 e. The number of nitrogens with one attached hydrogen (secondary N) is 2. The lowest BCUT2D eigenvalue weighted by Gasteiger charge is -2.13. The quantitative estimate of drug-likeness (QED) is 0.619. The van der Waals surface area contributed by atoms with Crippen LogP contribution in [0.5, 0.6) is 5.75 Å². The molecule has 0 unspecified atom stereocenters. The fourth-order valence-corrected chi connectivity index (χ4v) is 3.19. The lowest BCUT2D eigenvalue weighted by molar-refractivity contribution is 0.0975. The molecule has 7 heteroatoms. The van der Waals surface area contributed by atoms with Gasteiger partial charge in [-0.15, -0.1) is 0 Å². The lowest BCUT2D eigenvalue weighted by Crippen LogP contribution is -2.34. The molecule has 0 aliphatic heterocycles. The molecule has 2 rings (SSSR count). The third-order valence-corrected chi connectivity index (χ3v) is 4.42. The Morgan fingerprint density at radius 3 is 2.50 bits per heavy atom. The van der Waals surface area contributed by atoms with Crippen LogP contribution in [0, 0.1) is 0 Å².